The summed E-state index contributed by atoms with van der Waals surface area (Å²) in [6, 6.07) is 9.80. The highest BCUT2D eigenvalue weighted by Gasteiger charge is 2.36. The zero-order chi connectivity index (χ0) is 17.7. The number of nitriles is 1. The molecule has 1 aliphatic rings. The van der Waals surface area contributed by atoms with Crippen molar-refractivity contribution in [2.45, 2.75) is 31.1 Å². The lowest BCUT2D eigenvalue weighted by Crippen LogP contribution is -2.26. The van der Waals surface area contributed by atoms with Crippen LogP contribution in [0.4, 0.5) is 0 Å². The van der Waals surface area contributed by atoms with Gasteiger partial charge in [-0.25, -0.2) is 4.79 Å². The van der Waals surface area contributed by atoms with Crippen molar-refractivity contribution in [2.24, 2.45) is 5.73 Å². The molecule has 0 spiro atoms. The molecule has 0 radical (unpaired) electrons. The van der Waals surface area contributed by atoms with E-state index in [1.807, 2.05) is 37.4 Å². The van der Waals surface area contributed by atoms with E-state index in [2.05, 4.69) is 6.07 Å². The number of ether oxygens (including phenoxy) is 2. The molecule has 0 saturated carbocycles. The molecule has 6 heteroatoms. The molecular weight excluding hydrogens is 324 g/mol. The maximum absolute atomic E-state index is 12.5. The molecule has 1 aliphatic heterocycles. The van der Waals surface area contributed by atoms with Crippen molar-refractivity contribution in [1.29, 1.82) is 5.26 Å². The summed E-state index contributed by atoms with van der Waals surface area (Å²) >= 11 is 1.62. The van der Waals surface area contributed by atoms with Crippen LogP contribution >= 0.6 is 11.8 Å². The van der Waals surface area contributed by atoms with Crippen LogP contribution in [0.2, 0.25) is 0 Å². The maximum Gasteiger partial charge on any atom is 0.338 e. The molecule has 24 heavy (non-hydrogen) atoms. The Kier molecular flexibility index (Phi) is 5.93. The zero-order valence-electron chi connectivity index (χ0n) is 14.0. The molecule has 0 saturated heterocycles. The number of rotatable bonds is 5. The Hall–Kier alpha value is -2.39. The Bertz CT molecular complexity index is 730. The van der Waals surface area contributed by atoms with Crippen LogP contribution in [0.15, 0.2) is 51.9 Å². The third-order valence-corrected chi connectivity index (χ3v) is 4.51. The predicted octanol–water partition coefficient (Wildman–Crippen LogP) is 3.44. The van der Waals surface area contributed by atoms with Gasteiger partial charge in [-0.05, 0) is 30.9 Å². The summed E-state index contributed by atoms with van der Waals surface area (Å²) in [6.07, 6.45) is 2.47. The van der Waals surface area contributed by atoms with Crippen LogP contribution in [0.5, 0.6) is 0 Å². The molecule has 126 valence electrons. The van der Waals surface area contributed by atoms with Gasteiger partial charge in [-0.1, -0.05) is 19.1 Å². The molecular formula is C18H20N2O3S. The van der Waals surface area contributed by atoms with Gasteiger partial charge in [0.2, 0.25) is 5.88 Å². The lowest BCUT2D eigenvalue weighted by molar-refractivity contribution is -0.139. The van der Waals surface area contributed by atoms with E-state index >= 15 is 0 Å². The molecule has 0 amide bonds. The average molecular weight is 344 g/mol. The first-order valence-corrected chi connectivity index (χ1v) is 8.91. The van der Waals surface area contributed by atoms with Gasteiger partial charge in [0, 0.05) is 11.3 Å². The SMILES string of the molecule is CCOC(=O)C1=C(CC)OC(N)=C(C#N)[C@H]1c1ccc(SC)cc1. The molecule has 0 bridgehead atoms. The van der Waals surface area contributed by atoms with Gasteiger partial charge in [0.05, 0.1) is 18.1 Å². The molecule has 2 rings (SSSR count). The van der Waals surface area contributed by atoms with E-state index in [9.17, 15) is 10.1 Å². The number of esters is 1. The van der Waals surface area contributed by atoms with Crippen LogP contribution in [0.1, 0.15) is 31.7 Å². The Labute approximate surface area is 146 Å². The van der Waals surface area contributed by atoms with E-state index in [4.69, 9.17) is 15.2 Å². The minimum absolute atomic E-state index is 0.0429. The first-order chi connectivity index (χ1) is 11.6. The second-order valence-electron chi connectivity index (χ2n) is 5.11. The number of hydrogen-bond donors (Lipinski definition) is 1. The summed E-state index contributed by atoms with van der Waals surface area (Å²) in [6.45, 7) is 3.86. The molecule has 1 aromatic rings. The second kappa shape index (κ2) is 7.93. The maximum atomic E-state index is 12.5. The molecule has 1 heterocycles. The number of thioether (sulfide) groups is 1. The normalized spacial score (nSPS) is 17.3. The average Bonchev–Trinajstić information content (AvgIpc) is 2.60. The Balaban J connectivity index is 2.60. The number of nitrogens with zero attached hydrogens (tertiary/aromatic N) is 1. The summed E-state index contributed by atoms with van der Waals surface area (Å²) in [4.78, 5) is 13.6. The van der Waals surface area contributed by atoms with Crippen molar-refractivity contribution >= 4 is 17.7 Å². The minimum atomic E-state index is -0.575. The molecule has 1 aromatic carbocycles. The van der Waals surface area contributed by atoms with Gasteiger partial charge in [0.15, 0.2) is 0 Å². The Morgan fingerprint density at radius 1 is 1.38 bits per heavy atom. The highest BCUT2D eigenvalue weighted by molar-refractivity contribution is 7.98. The van der Waals surface area contributed by atoms with Crippen molar-refractivity contribution in [1.82, 2.24) is 0 Å². The standard InChI is InChI=1S/C18H20N2O3S/c1-4-14-16(18(21)22-5-2)15(13(10-19)17(20)23-14)11-6-8-12(24-3)9-7-11/h6-9,15H,4-5,20H2,1-3H3/t15-/m1/s1. The number of carbonyl (C=O) groups is 1. The third kappa shape index (κ3) is 3.41. The van der Waals surface area contributed by atoms with Crippen molar-refractivity contribution in [3.05, 3.63) is 52.6 Å². The van der Waals surface area contributed by atoms with Gasteiger partial charge in [-0.2, -0.15) is 5.26 Å². The number of hydrogen-bond acceptors (Lipinski definition) is 6. The van der Waals surface area contributed by atoms with Gasteiger partial charge < -0.3 is 15.2 Å². The van der Waals surface area contributed by atoms with Crippen LogP contribution in [-0.4, -0.2) is 18.8 Å². The van der Waals surface area contributed by atoms with Crippen molar-refractivity contribution in [2.75, 3.05) is 12.9 Å². The number of benzene rings is 1. The highest BCUT2D eigenvalue weighted by atomic mass is 32.2. The molecule has 2 N–H and O–H groups in total. The molecule has 0 unspecified atom stereocenters. The lowest BCUT2D eigenvalue weighted by atomic mass is 9.82. The fourth-order valence-electron chi connectivity index (χ4n) is 2.64. The summed E-state index contributed by atoms with van der Waals surface area (Å²) in [7, 11) is 0. The summed E-state index contributed by atoms with van der Waals surface area (Å²) in [5.41, 5.74) is 7.31. The van der Waals surface area contributed by atoms with Crippen LogP contribution in [0.3, 0.4) is 0 Å². The van der Waals surface area contributed by atoms with Gasteiger partial charge >= 0.3 is 5.97 Å². The quantitative estimate of drug-likeness (QED) is 0.650. The lowest BCUT2D eigenvalue weighted by Gasteiger charge is -2.27. The molecule has 5 nitrogen and oxygen atoms in total. The van der Waals surface area contributed by atoms with E-state index in [-0.39, 0.29) is 18.1 Å². The van der Waals surface area contributed by atoms with E-state index in [1.54, 1.807) is 18.7 Å². The first kappa shape index (κ1) is 18.0. The van der Waals surface area contributed by atoms with Crippen molar-refractivity contribution < 1.29 is 14.3 Å². The van der Waals surface area contributed by atoms with Crippen LogP contribution in [0, 0.1) is 11.3 Å². The first-order valence-electron chi connectivity index (χ1n) is 7.68. The predicted molar refractivity (Wildman–Crippen MR) is 92.8 cm³/mol. The number of carbonyl (C=O) groups excluding carboxylic acids is 1. The summed E-state index contributed by atoms with van der Waals surface area (Å²) in [5, 5.41) is 9.54. The monoisotopic (exact) mass is 344 g/mol. The van der Waals surface area contributed by atoms with Gasteiger partial charge in [-0.3, -0.25) is 0 Å². The second-order valence-corrected chi connectivity index (χ2v) is 5.99. The topological polar surface area (TPSA) is 85.3 Å². The molecule has 1 atom stereocenters. The van der Waals surface area contributed by atoms with Gasteiger partial charge in [-0.15, -0.1) is 11.8 Å². The fraction of sp³-hybridized carbons (Fsp3) is 0.333. The van der Waals surface area contributed by atoms with Crippen molar-refractivity contribution in [3.63, 3.8) is 0 Å². The van der Waals surface area contributed by atoms with Gasteiger partial charge in [0.25, 0.3) is 0 Å². The molecule has 0 aromatic heterocycles. The van der Waals surface area contributed by atoms with E-state index in [1.165, 1.54) is 0 Å². The largest absolute Gasteiger partial charge is 0.463 e. The van der Waals surface area contributed by atoms with Gasteiger partial charge in [0.1, 0.15) is 17.4 Å². The van der Waals surface area contributed by atoms with E-state index in [0.717, 1.165) is 10.5 Å². The fourth-order valence-corrected chi connectivity index (χ4v) is 3.05. The van der Waals surface area contributed by atoms with Crippen LogP contribution in [0.25, 0.3) is 0 Å². The van der Waals surface area contributed by atoms with Crippen LogP contribution in [-0.2, 0) is 14.3 Å². The van der Waals surface area contributed by atoms with E-state index < -0.39 is 11.9 Å². The van der Waals surface area contributed by atoms with E-state index in [0.29, 0.717) is 17.8 Å². The molecule has 0 fully saturated rings. The zero-order valence-corrected chi connectivity index (χ0v) is 14.8. The third-order valence-electron chi connectivity index (χ3n) is 3.76. The van der Waals surface area contributed by atoms with Crippen LogP contribution < -0.4 is 5.73 Å². The minimum Gasteiger partial charge on any atom is -0.463 e. The smallest absolute Gasteiger partial charge is 0.338 e. The summed E-state index contributed by atoms with van der Waals surface area (Å²) < 4.78 is 10.7. The van der Waals surface area contributed by atoms with Crippen molar-refractivity contribution in [3.8, 4) is 6.07 Å². The summed E-state index contributed by atoms with van der Waals surface area (Å²) in [5.74, 6) is -0.563. The Morgan fingerprint density at radius 3 is 2.54 bits per heavy atom. The number of nitrogens with two attached hydrogens (primary N) is 1. The molecule has 0 aliphatic carbocycles. The number of allylic oxidation sites excluding steroid dienone is 2. The highest BCUT2D eigenvalue weighted by Crippen LogP contribution is 2.40. The Morgan fingerprint density at radius 2 is 2.04 bits per heavy atom.